The SMILES string of the molecule is O=C(CNC(=O)[C@@H]1[C@H]2CCC[C@H]2CN1C(=O)CNC(=O)C(N[C@@H](c1cnccn1)C(F)(F)F)C1CCCCC1)C(=O)NC1CC1. The van der Waals surface area contributed by atoms with Crippen LogP contribution in [0.4, 0.5) is 13.2 Å². The van der Waals surface area contributed by atoms with Crippen LogP contribution in [0, 0.1) is 17.8 Å². The first-order valence-corrected chi connectivity index (χ1v) is 15.8. The summed E-state index contributed by atoms with van der Waals surface area (Å²) >= 11 is 0. The lowest BCUT2D eigenvalue weighted by atomic mass is 9.83. The third kappa shape index (κ3) is 8.16. The van der Waals surface area contributed by atoms with Gasteiger partial charge < -0.3 is 20.9 Å². The molecule has 4 aliphatic rings. The molecule has 1 aromatic heterocycles. The molecule has 0 bridgehead atoms. The molecule has 5 atom stereocenters. The van der Waals surface area contributed by atoms with Crippen LogP contribution in [-0.4, -0.2) is 88.2 Å². The Kier molecular flexibility index (Phi) is 10.3. The molecule has 1 aromatic rings. The zero-order chi connectivity index (χ0) is 32.1. The average molecular weight is 636 g/mol. The molecular formula is C30H40F3N7O5. The topological polar surface area (TPSA) is 162 Å². The summed E-state index contributed by atoms with van der Waals surface area (Å²) in [5, 5.41) is 10.1. The van der Waals surface area contributed by atoms with Crippen molar-refractivity contribution in [3.8, 4) is 0 Å². The highest BCUT2D eigenvalue weighted by Gasteiger charge is 2.50. The van der Waals surface area contributed by atoms with Crippen molar-refractivity contribution in [3.63, 3.8) is 0 Å². The molecule has 0 radical (unpaired) electrons. The predicted octanol–water partition coefficient (Wildman–Crippen LogP) is 1.33. The number of carbonyl (C=O) groups is 5. The van der Waals surface area contributed by atoms with Crippen LogP contribution < -0.4 is 21.3 Å². The minimum atomic E-state index is -4.76. The van der Waals surface area contributed by atoms with Gasteiger partial charge in [-0.25, -0.2) is 0 Å². The third-order valence-electron chi connectivity index (χ3n) is 9.44. The van der Waals surface area contributed by atoms with E-state index in [2.05, 4.69) is 31.2 Å². The lowest BCUT2D eigenvalue weighted by molar-refractivity contribution is -0.163. The van der Waals surface area contributed by atoms with Crippen LogP contribution in [0.15, 0.2) is 18.6 Å². The van der Waals surface area contributed by atoms with Gasteiger partial charge in [0, 0.05) is 25.0 Å². The summed E-state index contributed by atoms with van der Waals surface area (Å²) in [5.74, 6) is -3.79. The highest BCUT2D eigenvalue weighted by molar-refractivity contribution is 6.37. The number of aromatic nitrogens is 2. The Morgan fingerprint density at radius 1 is 0.911 bits per heavy atom. The summed E-state index contributed by atoms with van der Waals surface area (Å²) in [5.41, 5.74) is -0.365. The maximum atomic E-state index is 14.2. The Bertz CT molecular complexity index is 1260. The molecule has 4 amide bonds. The number of nitrogens with zero attached hydrogens (tertiary/aromatic N) is 3. The predicted molar refractivity (Wildman–Crippen MR) is 153 cm³/mol. The van der Waals surface area contributed by atoms with Gasteiger partial charge in [-0.2, -0.15) is 13.2 Å². The van der Waals surface area contributed by atoms with Crippen molar-refractivity contribution in [2.24, 2.45) is 17.8 Å². The second-order valence-corrected chi connectivity index (χ2v) is 12.6. The first-order valence-electron chi connectivity index (χ1n) is 15.8. The van der Waals surface area contributed by atoms with Crippen LogP contribution in [0.25, 0.3) is 0 Å². The number of hydrogen-bond acceptors (Lipinski definition) is 8. The third-order valence-corrected chi connectivity index (χ3v) is 9.44. The lowest BCUT2D eigenvalue weighted by Crippen LogP contribution is -2.56. The van der Waals surface area contributed by atoms with E-state index < -0.39 is 66.8 Å². The van der Waals surface area contributed by atoms with Gasteiger partial charge in [0.2, 0.25) is 23.5 Å². The van der Waals surface area contributed by atoms with Crippen molar-refractivity contribution < 1.29 is 37.1 Å². The molecule has 45 heavy (non-hydrogen) atoms. The Balaban J connectivity index is 1.24. The minimum Gasteiger partial charge on any atom is -0.347 e. The number of Topliss-reactive ketones (excluding diaryl/α,β-unsaturated/α-hetero) is 1. The van der Waals surface area contributed by atoms with Crippen LogP contribution in [-0.2, 0) is 24.0 Å². The van der Waals surface area contributed by atoms with Crippen molar-refractivity contribution in [1.82, 2.24) is 36.1 Å². The Hall–Kier alpha value is -3.62. The molecule has 0 spiro atoms. The molecule has 0 aromatic carbocycles. The zero-order valence-corrected chi connectivity index (χ0v) is 25.0. The van der Waals surface area contributed by atoms with E-state index in [9.17, 15) is 37.1 Å². The number of hydrogen-bond donors (Lipinski definition) is 4. The normalized spacial score (nSPS) is 24.8. The van der Waals surface area contributed by atoms with Gasteiger partial charge in [-0.1, -0.05) is 25.7 Å². The number of likely N-dealkylation sites (tertiary alicyclic amines) is 1. The fraction of sp³-hybridized carbons (Fsp3) is 0.700. The highest BCUT2D eigenvalue weighted by atomic mass is 19.4. The average Bonchev–Trinajstić information content (AvgIpc) is 3.59. The number of carbonyl (C=O) groups excluding carboxylic acids is 5. The van der Waals surface area contributed by atoms with E-state index in [1.165, 1.54) is 11.1 Å². The van der Waals surface area contributed by atoms with Gasteiger partial charge in [0.1, 0.15) is 12.1 Å². The summed E-state index contributed by atoms with van der Waals surface area (Å²) in [6.07, 6.45) is 6.29. The van der Waals surface area contributed by atoms with Crippen molar-refractivity contribution in [2.75, 3.05) is 19.6 Å². The van der Waals surface area contributed by atoms with E-state index in [4.69, 9.17) is 0 Å². The number of fused-ring (bicyclic) bond motifs is 1. The number of amides is 4. The van der Waals surface area contributed by atoms with Crippen LogP contribution in [0.1, 0.15) is 75.9 Å². The molecule has 1 unspecified atom stereocenters. The molecule has 4 fully saturated rings. The zero-order valence-electron chi connectivity index (χ0n) is 25.0. The van der Waals surface area contributed by atoms with Crippen molar-refractivity contribution >= 4 is 29.4 Å². The largest absolute Gasteiger partial charge is 0.409 e. The molecule has 1 aliphatic heterocycles. The maximum absolute atomic E-state index is 14.2. The van der Waals surface area contributed by atoms with Gasteiger partial charge in [-0.3, -0.25) is 39.3 Å². The van der Waals surface area contributed by atoms with Crippen molar-refractivity contribution in [3.05, 3.63) is 24.3 Å². The number of nitrogens with one attached hydrogen (secondary N) is 4. The molecule has 15 heteroatoms. The van der Waals surface area contributed by atoms with E-state index in [1.807, 2.05) is 0 Å². The highest BCUT2D eigenvalue weighted by Crippen LogP contribution is 2.42. The molecule has 3 aliphatic carbocycles. The molecule has 1 saturated heterocycles. The van der Waals surface area contributed by atoms with Gasteiger partial charge in [-0.15, -0.1) is 0 Å². The first kappa shape index (κ1) is 32.8. The van der Waals surface area contributed by atoms with E-state index in [1.54, 1.807) is 0 Å². The van der Waals surface area contributed by atoms with Crippen LogP contribution in [0.5, 0.6) is 0 Å². The monoisotopic (exact) mass is 635 g/mol. The van der Waals surface area contributed by atoms with Crippen LogP contribution in [0.2, 0.25) is 0 Å². The first-order chi connectivity index (χ1) is 21.5. The van der Waals surface area contributed by atoms with E-state index in [0.717, 1.165) is 57.3 Å². The maximum Gasteiger partial charge on any atom is 0.409 e. The Morgan fingerprint density at radius 3 is 2.33 bits per heavy atom. The Labute approximate surface area is 259 Å². The molecule has 3 saturated carbocycles. The number of rotatable bonds is 12. The van der Waals surface area contributed by atoms with Gasteiger partial charge in [0.05, 0.1) is 31.0 Å². The van der Waals surface area contributed by atoms with Gasteiger partial charge in [-0.05, 0) is 56.3 Å². The minimum absolute atomic E-state index is 0.00572. The van der Waals surface area contributed by atoms with E-state index >= 15 is 0 Å². The number of alkyl halides is 3. The van der Waals surface area contributed by atoms with E-state index in [0.29, 0.717) is 25.8 Å². The van der Waals surface area contributed by atoms with Crippen LogP contribution >= 0.6 is 0 Å². The second-order valence-electron chi connectivity index (χ2n) is 12.6. The lowest BCUT2D eigenvalue weighted by Gasteiger charge is -2.34. The summed E-state index contributed by atoms with van der Waals surface area (Å²) in [4.78, 5) is 73.4. The molecule has 246 valence electrons. The quantitative estimate of drug-likeness (QED) is 0.250. The van der Waals surface area contributed by atoms with Gasteiger partial charge in [0.25, 0.3) is 5.91 Å². The smallest absolute Gasteiger partial charge is 0.347 e. The van der Waals surface area contributed by atoms with Gasteiger partial charge in [0.15, 0.2) is 0 Å². The van der Waals surface area contributed by atoms with E-state index in [-0.39, 0.29) is 29.5 Å². The molecule has 2 heterocycles. The standard InChI is InChI=1S/C30H40F3N7O5/c31-30(32,33)26(21-13-34-11-12-35-21)39-24(17-5-2-1-3-6-17)28(44)37-15-23(42)40-16-18-7-4-8-20(18)25(40)29(45)36-14-22(41)27(43)38-19-9-10-19/h11-13,17-20,24-26,39H,1-10,14-16H2,(H,36,45)(H,37,44)(H,38,43)/t18-,20-,24?,25-,26-/m0/s1. The Morgan fingerprint density at radius 2 is 1.67 bits per heavy atom. The van der Waals surface area contributed by atoms with Crippen molar-refractivity contribution in [1.29, 1.82) is 0 Å². The fourth-order valence-electron chi connectivity index (χ4n) is 7.00. The molecular weight excluding hydrogens is 595 g/mol. The summed E-state index contributed by atoms with van der Waals surface area (Å²) in [6, 6.07) is -4.36. The fourth-order valence-corrected chi connectivity index (χ4v) is 7.00. The summed E-state index contributed by atoms with van der Waals surface area (Å²) in [6.45, 7) is -0.705. The molecule has 12 nitrogen and oxygen atoms in total. The number of ketones is 1. The summed E-state index contributed by atoms with van der Waals surface area (Å²) in [7, 11) is 0. The van der Waals surface area contributed by atoms with Crippen molar-refractivity contribution in [2.45, 2.75) is 94.6 Å². The van der Waals surface area contributed by atoms with Crippen LogP contribution in [0.3, 0.4) is 0 Å². The number of halogens is 3. The molecule has 5 rings (SSSR count). The second kappa shape index (κ2) is 14.2. The molecule has 4 N–H and O–H groups in total. The summed E-state index contributed by atoms with van der Waals surface area (Å²) < 4.78 is 42.5. The van der Waals surface area contributed by atoms with Gasteiger partial charge >= 0.3 is 6.18 Å².